The summed E-state index contributed by atoms with van der Waals surface area (Å²) in [5.41, 5.74) is 6.36. The number of nitrogens with zero attached hydrogens (tertiary/aromatic N) is 4. The van der Waals surface area contributed by atoms with Crippen LogP contribution in [0.15, 0.2) is 42.6 Å². The summed E-state index contributed by atoms with van der Waals surface area (Å²) >= 11 is 0. The molecule has 198 valence electrons. The third kappa shape index (κ3) is 4.03. The molecular formula is C30H34N4O4. The van der Waals surface area contributed by atoms with Crippen molar-refractivity contribution in [2.45, 2.75) is 64.0 Å². The van der Waals surface area contributed by atoms with Crippen molar-refractivity contribution in [3.63, 3.8) is 0 Å². The molecule has 4 aromatic rings. The Morgan fingerprint density at radius 3 is 2.55 bits per heavy atom. The molecule has 0 bridgehead atoms. The van der Waals surface area contributed by atoms with Crippen molar-refractivity contribution in [3.05, 3.63) is 59.5 Å². The highest BCUT2D eigenvalue weighted by Crippen LogP contribution is 2.40. The van der Waals surface area contributed by atoms with Gasteiger partial charge in [-0.1, -0.05) is 6.07 Å². The molecule has 1 N–H and O–H groups in total. The van der Waals surface area contributed by atoms with E-state index in [1.165, 1.54) is 23.6 Å². The van der Waals surface area contributed by atoms with Crippen molar-refractivity contribution < 1.29 is 19.4 Å². The normalized spacial score (nSPS) is 21.6. The Bertz CT molecular complexity index is 1540. The minimum Gasteiger partial charge on any atom is -0.481 e. The molecule has 0 spiro atoms. The number of hydrogen-bond acceptors (Lipinski definition) is 4. The van der Waals surface area contributed by atoms with Gasteiger partial charge in [0.05, 0.1) is 29.7 Å². The number of hydrogen-bond donors (Lipinski definition) is 1. The van der Waals surface area contributed by atoms with Gasteiger partial charge in [0, 0.05) is 42.8 Å². The molecular weight excluding hydrogens is 480 g/mol. The Morgan fingerprint density at radius 2 is 1.82 bits per heavy atom. The fourth-order valence-corrected chi connectivity index (χ4v) is 6.56. The maximum absolute atomic E-state index is 12.7. The van der Waals surface area contributed by atoms with Crippen LogP contribution >= 0.6 is 0 Å². The molecule has 3 heterocycles. The largest absolute Gasteiger partial charge is 0.481 e. The first-order valence-corrected chi connectivity index (χ1v) is 13.5. The van der Waals surface area contributed by atoms with E-state index in [-0.39, 0.29) is 24.1 Å². The van der Waals surface area contributed by atoms with E-state index in [1.54, 1.807) is 4.90 Å². The molecule has 1 fully saturated rings. The fourth-order valence-electron chi connectivity index (χ4n) is 6.56. The monoisotopic (exact) mass is 514 g/mol. The lowest BCUT2D eigenvalue weighted by Crippen LogP contribution is -2.42. The van der Waals surface area contributed by atoms with Gasteiger partial charge in [0.15, 0.2) is 0 Å². The van der Waals surface area contributed by atoms with E-state index >= 15 is 0 Å². The first-order chi connectivity index (χ1) is 18.4. The van der Waals surface area contributed by atoms with Gasteiger partial charge in [-0.25, -0.2) is 9.78 Å². The lowest BCUT2D eigenvalue weighted by Gasteiger charge is -2.34. The minimum atomic E-state index is -0.693. The predicted octanol–water partition coefficient (Wildman–Crippen LogP) is 5.84. The lowest BCUT2D eigenvalue weighted by molar-refractivity contribution is -0.143. The summed E-state index contributed by atoms with van der Waals surface area (Å²) in [6, 6.07) is 13.1. The number of carbonyl (C=O) groups is 2. The Kier molecular flexibility index (Phi) is 6.13. The van der Waals surface area contributed by atoms with Crippen molar-refractivity contribution in [2.24, 2.45) is 13.0 Å². The summed E-state index contributed by atoms with van der Waals surface area (Å²) in [5, 5.41) is 10.7. The molecule has 0 saturated heterocycles. The molecule has 6 rings (SSSR count). The first kappa shape index (κ1) is 24.5. The molecule has 1 atom stereocenters. The zero-order valence-corrected chi connectivity index (χ0v) is 22.2. The first-order valence-electron chi connectivity index (χ1n) is 13.5. The molecule has 1 aliphatic heterocycles. The van der Waals surface area contributed by atoms with Gasteiger partial charge >= 0.3 is 12.1 Å². The summed E-state index contributed by atoms with van der Waals surface area (Å²) in [4.78, 5) is 31.3. The van der Waals surface area contributed by atoms with Crippen LogP contribution in [0.2, 0.25) is 0 Å². The highest BCUT2D eigenvalue weighted by atomic mass is 16.5. The number of aromatic nitrogens is 3. The summed E-state index contributed by atoms with van der Waals surface area (Å²) in [6.07, 6.45) is 7.08. The second-order valence-electron chi connectivity index (χ2n) is 10.9. The standard InChI is InChI=1S/C30H34N4O4/c1-18-4-10-23-25(33(18)30(37)38-3)12-13-26-28(23)31-27(34(26)22-8-6-20(7-9-22)29(35)36)17-19-5-11-24-21(16-19)14-15-32(24)2/h5,11-16,18,20,22H,4,6-10,17H2,1-3H3,(H,35,36). The van der Waals surface area contributed by atoms with Crippen molar-refractivity contribution in [1.29, 1.82) is 0 Å². The molecule has 2 aliphatic rings. The molecule has 2 aromatic heterocycles. The molecule has 2 aromatic carbocycles. The Morgan fingerprint density at radius 1 is 1.05 bits per heavy atom. The third-order valence-electron chi connectivity index (χ3n) is 8.62. The molecule has 38 heavy (non-hydrogen) atoms. The van der Waals surface area contributed by atoms with Crippen LogP contribution in [-0.4, -0.2) is 44.4 Å². The molecule has 1 amide bonds. The highest BCUT2D eigenvalue weighted by Gasteiger charge is 2.33. The van der Waals surface area contributed by atoms with E-state index in [2.05, 4.69) is 59.6 Å². The van der Waals surface area contributed by atoms with E-state index in [0.717, 1.165) is 53.8 Å². The average Bonchev–Trinajstić information content (AvgIpc) is 3.47. The van der Waals surface area contributed by atoms with Crippen LogP contribution in [0.25, 0.3) is 21.9 Å². The van der Waals surface area contributed by atoms with Gasteiger partial charge in [0.25, 0.3) is 0 Å². The van der Waals surface area contributed by atoms with Crippen LogP contribution in [0.3, 0.4) is 0 Å². The Hall–Kier alpha value is -3.81. The molecule has 8 heteroatoms. The van der Waals surface area contributed by atoms with Crippen LogP contribution in [0, 0.1) is 5.92 Å². The van der Waals surface area contributed by atoms with Crippen molar-refractivity contribution in [2.75, 3.05) is 12.0 Å². The van der Waals surface area contributed by atoms with Gasteiger partial charge in [-0.3, -0.25) is 9.69 Å². The number of methoxy groups -OCH3 is 1. The van der Waals surface area contributed by atoms with Gasteiger partial charge in [-0.2, -0.15) is 0 Å². The third-order valence-corrected chi connectivity index (χ3v) is 8.62. The second kappa shape index (κ2) is 9.49. The average molecular weight is 515 g/mol. The van der Waals surface area contributed by atoms with E-state index in [1.807, 2.05) is 6.07 Å². The van der Waals surface area contributed by atoms with Crippen LogP contribution in [0.4, 0.5) is 10.5 Å². The number of imidazole rings is 1. The Balaban J connectivity index is 1.46. The van der Waals surface area contributed by atoms with Crippen LogP contribution < -0.4 is 4.90 Å². The maximum Gasteiger partial charge on any atom is 0.414 e. The molecule has 8 nitrogen and oxygen atoms in total. The summed E-state index contributed by atoms with van der Waals surface area (Å²) in [5.74, 6) is 0.0277. The van der Waals surface area contributed by atoms with Crippen molar-refractivity contribution in [3.8, 4) is 0 Å². The molecule has 1 saturated carbocycles. The topological polar surface area (TPSA) is 89.6 Å². The maximum atomic E-state index is 12.7. The zero-order chi connectivity index (χ0) is 26.6. The minimum absolute atomic E-state index is 0.0536. The number of anilines is 1. The number of carboxylic acids is 1. The number of carbonyl (C=O) groups excluding carboxylic acids is 1. The molecule has 0 radical (unpaired) electrons. The van der Waals surface area contributed by atoms with Gasteiger partial charge in [0.1, 0.15) is 5.82 Å². The van der Waals surface area contributed by atoms with Crippen LogP contribution in [0.1, 0.15) is 62.0 Å². The quantitative estimate of drug-likeness (QED) is 0.369. The van der Waals surface area contributed by atoms with Gasteiger partial charge in [0.2, 0.25) is 0 Å². The SMILES string of the molecule is COC(=O)N1c2ccc3c(nc(Cc4ccc5c(ccn5C)c4)n3C3CCC(C(=O)O)CC3)c2CCC1C. The zero-order valence-electron chi connectivity index (χ0n) is 22.2. The van der Waals surface area contributed by atoms with E-state index < -0.39 is 5.97 Å². The smallest absolute Gasteiger partial charge is 0.414 e. The van der Waals surface area contributed by atoms with Gasteiger partial charge in [-0.05, 0) is 86.7 Å². The van der Waals surface area contributed by atoms with Crippen LogP contribution in [-0.2, 0) is 29.4 Å². The van der Waals surface area contributed by atoms with Gasteiger partial charge < -0.3 is 19.0 Å². The van der Waals surface area contributed by atoms with E-state index in [0.29, 0.717) is 19.3 Å². The second-order valence-corrected chi connectivity index (χ2v) is 10.9. The van der Waals surface area contributed by atoms with Gasteiger partial charge in [-0.15, -0.1) is 0 Å². The fraction of sp³-hybridized carbons (Fsp3) is 0.433. The lowest BCUT2D eigenvalue weighted by atomic mass is 9.85. The Labute approximate surface area is 221 Å². The van der Waals surface area contributed by atoms with Crippen LogP contribution in [0.5, 0.6) is 0 Å². The summed E-state index contributed by atoms with van der Waals surface area (Å²) < 4.78 is 9.60. The predicted molar refractivity (Wildman–Crippen MR) is 147 cm³/mol. The van der Waals surface area contributed by atoms with Crippen molar-refractivity contribution >= 4 is 39.7 Å². The number of rotatable bonds is 4. The van der Waals surface area contributed by atoms with Crippen molar-refractivity contribution in [1.82, 2.24) is 14.1 Å². The van der Waals surface area contributed by atoms with E-state index in [9.17, 15) is 14.7 Å². The number of fused-ring (bicyclic) bond motifs is 4. The molecule has 1 aliphatic carbocycles. The molecule has 1 unspecified atom stereocenters. The summed E-state index contributed by atoms with van der Waals surface area (Å²) in [6.45, 7) is 2.05. The van der Waals surface area contributed by atoms with E-state index in [4.69, 9.17) is 9.72 Å². The number of amides is 1. The highest BCUT2D eigenvalue weighted by molar-refractivity contribution is 5.95. The number of aliphatic carboxylic acids is 1. The number of aryl methyl sites for hydroxylation is 2. The number of carboxylic acid groups (broad SMARTS) is 1. The summed E-state index contributed by atoms with van der Waals surface area (Å²) in [7, 11) is 3.47. The number of benzene rings is 2. The number of ether oxygens (including phenoxy) is 1.